The smallest absolute Gasteiger partial charge is 0.341 e. The number of nitrogens with zero attached hydrogens (tertiary/aromatic N) is 1. The molecule has 5 nitrogen and oxygen atoms in total. The van der Waals surface area contributed by atoms with Crippen LogP contribution in [0.1, 0.15) is 87.4 Å². The van der Waals surface area contributed by atoms with E-state index in [0.717, 1.165) is 66.0 Å². The van der Waals surface area contributed by atoms with Crippen LogP contribution in [-0.2, 0) is 5.54 Å². The van der Waals surface area contributed by atoms with Gasteiger partial charge in [0, 0.05) is 23.3 Å². The normalized spacial score (nSPS) is 40.4. The summed E-state index contributed by atoms with van der Waals surface area (Å²) in [6, 6.07) is 11.4. The zero-order valence-electron chi connectivity index (χ0n) is 21.8. The molecule has 2 aromatic rings. The fourth-order valence-corrected chi connectivity index (χ4v) is 10.5. The maximum Gasteiger partial charge on any atom is 0.341 e. The first-order valence-corrected chi connectivity index (χ1v) is 14.6. The lowest BCUT2D eigenvalue weighted by Crippen LogP contribution is -2.55. The van der Waals surface area contributed by atoms with Gasteiger partial charge in [-0.1, -0.05) is 30.3 Å². The Bertz CT molecular complexity index is 1190. The molecule has 8 aliphatic carbocycles. The number of carbonyl (C=O) groups is 1. The Balaban J connectivity index is 0.000000173. The van der Waals surface area contributed by atoms with Crippen LogP contribution in [0, 0.1) is 35.5 Å². The van der Waals surface area contributed by atoms with E-state index in [1.807, 2.05) is 30.3 Å². The van der Waals surface area contributed by atoms with Crippen molar-refractivity contribution in [1.29, 1.82) is 0 Å². The Labute approximate surface area is 219 Å². The van der Waals surface area contributed by atoms with E-state index in [9.17, 15) is 14.7 Å². The highest BCUT2D eigenvalue weighted by atomic mass is 16.4. The molecule has 5 heteroatoms. The molecule has 8 aliphatic rings. The van der Waals surface area contributed by atoms with Crippen LogP contribution in [-0.4, -0.2) is 21.2 Å². The highest BCUT2D eigenvalue weighted by Crippen LogP contribution is 2.59. The van der Waals surface area contributed by atoms with E-state index in [1.165, 1.54) is 63.9 Å². The van der Waals surface area contributed by atoms with Gasteiger partial charge in [0.2, 0.25) is 0 Å². The third-order valence-electron chi connectivity index (χ3n) is 11.0. The van der Waals surface area contributed by atoms with Gasteiger partial charge in [0.1, 0.15) is 5.56 Å². The van der Waals surface area contributed by atoms with Gasteiger partial charge in [-0.25, -0.2) is 4.79 Å². The summed E-state index contributed by atoms with van der Waals surface area (Å²) >= 11 is 0. The minimum Gasteiger partial charge on any atom is -0.477 e. The summed E-state index contributed by atoms with van der Waals surface area (Å²) in [5, 5.41) is 9.52. The summed E-state index contributed by atoms with van der Waals surface area (Å²) in [6.07, 6.45) is 17.5. The van der Waals surface area contributed by atoms with Crippen LogP contribution in [0.25, 0.3) is 11.3 Å². The van der Waals surface area contributed by atoms with Crippen molar-refractivity contribution in [2.24, 2.45) is 41.2 Å². The zero-order chi connectivity index (χ0) is 25.4. The van der Waals surface area contributed by atoms with E-state index in [0.29, 0.717) is 5.54 Å². The van der Waals surface area contributed by atoms with Crippen molar-refractivity contribution in [3.63, 3.8) is 0 Å². The van der Waals surface area contributed by atoms with Crippen molar-refractivity contribution in [1.82, 2.24) is 4.57 Å². The number of carboxylic acids is 1. The Kier molecular flexibility index (Phi) is 5.48. The minimum absolute atomic E-state index is 0.0299. The highest BCUT2D eigenvalue weighted by molar-refractivity contribution is 5.87. The van der Waals surface area contributed by atoms with Crippen LogP contribution in [0.3, 0.4) is 0 Å². The van der Waals surface area contributed by atoms with Gasteiger partial charge >= 0.3 is 5.97 Å². The van der Waals surface area contributed by atoms with Crippen LogP contribution >= 0.6 is 0 Å². The van der Waals surface area contributed by atoms with E-state index in [1.54, 1.807) is 6.20 Å². The molecular weight excluding hydrogens is 460 g/mol. The van der Waals surface area contributed by atoms with E-state index >= 15 is 0 Å². The second-order valence-corrected chi connectivity index (χ2v) is 13.9. The summed E-state index contributed by atoms with van der Waals surface area (Å²) in [7, 11) is 0. The van der Waals surface area contributed by atoms with E-state index in [2.05, 4.69) is 4.57 Å². The number of nitrogens with two attached hydrogens (primary N) is 1. The summed E-state index contributed by atoms with van der Waals surface area (Å²) in [4.78, 5) is 24.1. The molecule has 196 valence electrons. The third-order valence-corrected chi connectivity index (χ3v) is 11.0. The number of benzene rings is 1. The molecule has 1 heterocycles. The van der Waals surface area contributed by atoms with E-state index in [4.69, 9.17) is 5.73 Å². The van der Waals surface area contributed by atoms with Gasteiger partial charge in [0.05, 0.1) is 5.69 Å². The number of aromatic carboxylic acids is 1. The molecule has 0 unspecified atom stereocenters. The number of pyridine rings is 1. The fraction of sp³-hybridized carbons (Fsp3) is 0.625. The molecule has 8 bridgehead atoms. The predicted molar refractivity (Wildman–Crippen MR) is 144 cm³/mol. The first-order valence-electron chi connectivity index (χ1n) is 14.6. The maximum absolute atomic E-state index is 12.4. The van der Waals surface area contributed by atoms with Crippen LogP contribution in [0.4, 0.5) is 0 Å². The number of hydrogen-bond acceptors (Lipinski definition) is 3. The Morgan fingerprint density at radius 3 is 1.68 bits per heavy atom. The summed E-state index contributed by atoms with van der Waals surface area (Å²) in [6.45, 7) is 0. The summed E-state index contributed by atoms with van der Waals surface area (Å²) in [5.41, 5.74) is 7.92. The van der Waals surface area contributed by atoms with Gasteiger partial charge in [0.15, 0.2) is 5.43 Å². The Morgan fingerprint density at radius 2 is 1.24 bits per heavy atom. The van der Waals surface area contributed by atoms with Crippen molar-refractivity contribution in [2.75, 3.05) is 0 Å². The van der Waals surface area contributed by atoms with Crippen LogP contribution in [0.2, 0.25) is 0 Å². The zero-order valence-corrected chi connectivity index (χ0v) is 21.8. The maximum atomic E-state index is 12.4. The molecule has 0 amide bonds. The standard InChI is InChI=1S/C22H23NO3.C10H17N/c24-20-9-19(17-4-2-1-3-5-17)23(13-18(20)21(25)26)22-10-14-6-15(11-22)8-16(7-14)12-22;11-10-4-7-1-8(5-10)3-9(2-7)6-10/h1-5,9,13-16H,6-8,10-12H2,(H,25,26);7-9H,1-6,11H2. The molecule has 3 N–H and O–H groups in total. The molecule has 0 spiro atoms. The second kappa shape index (κ2) is 8.56. The van der Waals surface area contributed by atoms with Crippen molar-refractivity contribution >= 4 is 5.97 Å². The van der Waals surface area contributed by atoms with Crippen molar-refractivity contribution < 1.29 is 9.90 Å². The SMILES string of the molecule is NC12CC3CC(CC(C3)C1)C2.O=C(O)c1cn(C23CC4CC(CC(C4)C2)C3)c(-c2ccccc2)cc1=O. The fourth-order valence-electron chi connectivity index (χ4n) is 10.5. The molecule has 8 saturated carbocycles. The Morgan fingerprint density at radius 1 is 0.784 bits per heavy atom. The Hall–Kier alpha value is -2.40. The summed E-state index contributed by atoms with van der Waals surface area (Å²) < 4.78 is 2.18. The van der Waals surface area contributed by atoms with Crippen LogP contribution in [0.5, 0.6) is 0 Å². The van der Waals surface area contributed by atoms with Gasteiger partial charge < -0.3 is 15.4 Å². The molecule has 0 aliphatic heterocycles. The molecule has 1 aromatic heterocycles. The van der Waals surface area contributed by atoms with Crippen LogP contribution < -0.4 is 11.2 Å². The number of aromatic nitrogens is 1. The molecule has 0 radical (unpaired) electrons. The third kappa shape index (κ3) is 4.18. The lowest BCUT2D eigenvalue weighted by atomic mass is 9.52. The van der Waals surface area contributed by atoms with Gasteiger partial charge in [0.25, 0.3) is 0 Å². The molecular formula is C32H40N2O3. The number of hydrogen-bond donors (Lipinski definition) is 2. The molecule has 37 heavy (non-hydrogen) atoms. The van der Waals surface area contributed by atoms with Crippen molar-refractivity contribution in [3.8, 4) is 11.3 Å². The largest absolute Gasteiger partial charge is 0.477 e. The lowest BCUT2D eigenvalue weighted by Gasteiger charge is -2.58. The van der Waals surface area contributed by atoms with Crippen molar-refractivity contribution in [2.45, 2.75) is 88.1 Å². The lowest BCUT2D eigenvalue weighted by molar-refractivity contribution is -0.0425. The first kappa shape index (κ1) is 23.7. The van der Waals surface area contributed by atoms with Gasteiger partial charge in [-0.2, -0.15) is 0 Å². The average Bonchev–Trinajstić information content (AvgIpc) is 2.82. The van der Waals surface area contributed by atoms with E-state index < -0.39 is 11.4 Å². The van der Waals surface area contributed by atoms with Gasteiger partial charge in [-0.05, 0) is 118 Å². The topological polar surface area (TPSA) is 85.3 Å². The van der Waals surface area contributed by atoms with E-state index in [-0.39, 0.29) is 11.1 Å². The monoisotopic (exact) mass is 500 g/mol. The van der Waals surface area contributed by atoms with Crippen molar-refractivity contribution in [3.05, 3.63) is 58.4 Å². The van der Waals surface area contributed by atoms with Gasteiger partial charge in [-0.3, -0.25) is 4.79 Å². The van der Waals surface area contributed by atoms with Gasteiger partial charge in [-0.15, -0.1) is 0 Å². The number of rotatable bonds is 3. The predicted octanol–water partition coefficient (Wildman–Crippen LogP) is 6.05. The molecule has 8 fully saturated rings. The molecule has 10 rings (SSSR count). The highest BCUT2D eigenvalue weighted by Gasteiger charge is 2.52. The minimum atomic E-state index is -1.13. The molecule has 0 saturated heterocycles. The second-order valence-electron chi connectivity index (χ2n) is 13.9. The number of carboxylic acid groups (broad SMARTS) is 1. The first-order chi connectivity index (χ1) is 17.8. The summed E-state index contributed by atoms with van der Waals surface area (Å²) in [5.74, 6) is 4.17. The molecule has 0 atom stereocenters. The molecule has 1 aromatic carbocycles. The quantitative estimate of drug-likeness (QED) is 0.537. The average molecular weight is 501 g/mol. The van der Waals surface area contributed by atoms with Crippen LogP contribution in [0.15, 0.2) is 47.4 Å².